The fraction of sp³-hybridized carbons (Fsp3) is 0.538. The summed E-state index contributed by atoms with van der Waals surface area (Å²) >= 11 is 0. The Morgan fingerprint density at radius 3 is 2.78 bits per heavy atom. The van der Waals surface area contributed by atoms with E-state index < -0.39 is 5.54 Å². The van der Waals surface area contributed by atoms with Crippen LogP contribution >= 0.6 is 0 Å². The van der Waals surface area contributed by atoms with Crippen LogP contribution in [0.3, 0.4) is 0 Å². The highest BCUT2D eigenvalue weighted by atomic mass is 16.2. The molecule has 1 unspecified atom stereocenters. The smallest absolute Gasteiger partial charge is 0.245 e. The van der Waals surface area contributed by atoms with Gasteiger partial charge in [-0.3, -0.25) is 4.79 Å². The first-order valence-corrected chi connectivity index (χ1v) is 6.20. The van der Waals surface area contributed by atoms with Gasteiger partial charge in [0.25, 0.3) is 0 Å². The van der Waals surface area contributed by atoms with Gasteiger partial charge >= 0.3 is 0 Å². The molecule has 1 aliphatic heterocycles. The molecule has 3 N–H and O–H groups in total. The minimum absolute atomic E-state index is 0.0239. The fourth-order valence-corrected chi connectivity index (χ4v) is 2.13. The average molecular weight is 248 g/mol. The largest absolute Gasteiger partial charge is 0.352 e. The highest BCUT2D eigenvalue weighted by Gasteiger charge is 2.38. The van der Waals surface area contributed by atoms with E-state index in [9.17, 15) is 4.79 Å². The van der Waals surface area contributed by atoms with Gasteiger partial charge in [-0.1, -0.05) is 6.07 Å². The topological polar surface area (TPSA) is 71.2 Å². The predicted octanol–water partition coefficient (Wildman–Crippen LogP) is 0.816. The summed E-state index contributed by atoms with van der Waals surface area (Å²) in [7, 11) is 0. The normalized spacial score (nSPS) is 20.4. The van der Waals surface area contributed by atoms with Crippen LogP contribution in [0.5, 0.6) is 0 Å². The van der Waals surface area contributed by atoms with Crippen molar-refractivity contribution in [2.45, 2.75) is 32.4 Å². The number of carbonyl (C=O) groups excluding carboxylic acids is 1. The Kier molecular flexibility index (Phi) is 3.26. The Balaban J connectivity index is 2.27. The van der Waals surface area contributed by atoms with E-state index in [1.807, 2.05) is 37.8 Å². The van der Waals surface area contributed by atoms with Crippen LogP contribution in [-0.4, -0.2) is 29.5 Å². The maximum Gasteiger partial charge on any atom is 0.245 e. The van der Waals surface area contributed by atoms with Gasteiger partial charge < -0.3 is 16.0 Å². The van der Waals surface area contributed by atoms with Crippen molar-refractivity contribution in [1.29, 1.82) is 0 Å². The second-order valence-corrected chi connectivity index (χ2v) is 5.20. The van der Waals surface area contributed by atoms with Crippen molar-refractivity contribution >= 4 is 11.7 Å². The average Bonchev–Trinajstić information content (AvgIpc) is 2.33. The maximum atomic E-state index is 11.9. The molecule has 0 radical (unpaired) electrons. The molecule has 2 rings (SSSR count). The molecule has 0 saturated carbocycles. The molecule has 1 aliphatic rings. The number of piperazine rings is 1. The van der Waals surface area contributed by atoms with E-state index in [2.05, 4.69) is 10.3 Å². The number of hydrogen-bond donors (Lipinski definition) is 2. The molecule has 0 aliphatic carbocycles. The van der Waals surface area contributed by atoms with Crippen molar-refractivity contribution in [3.8, 4) is 0 Å². The van der Waals surface area contributed by atoms with Crippen LogP contribution in [0.15, 0.2) is 18.3 Å². The third kappa shape index (κ3) is 2.18. The van der Waals surface area contributed by atoms with Gasteiger partial charge in [0.05, 0.1) is 0 Å². The summed E-state index contributed by atoms with van der Waals surface area (Å²) in [5.41, 5.74) is 6.23. The van der Waals surface area contributed by atoms with Crippen LogP contribution in [0.25, 0.3) is 0 Å². The van der Waals surface area contributed by atoms with E-state index in [0.29, 0.717) is 6.54 Å². The zero-order valence-corrected chi connectivity index (χ0v) is 11.1. The van der Waals surface area contributed by atoms with Gasteiger partial charge in [-0.25, -0.2) is 4.98 Å². The molecule has 5 nitrogen and oxygen atoms in total. The number of nitrogens with two attached hydrogens (primary N) is 1. The summed E-state index contributed by atoms with van der Waals surface area (Å²) in [6.45, 7) is 7.16. The van der Waals surface area contributed by atoms with E-state index in [1.165, 1.54) is 0 Å². The molecule has 0 bridgehead atoms. The Morgan fingerprint density at radius 2 is 2.22 bits per heavy atom. The van der Waals surface area contributed by atoms with Crippen molar-refractivity contribution in [2.24, 2.45) is 5.73 Å². The first-order valence-electron chi connectivity index (χ1n) is 6.20. The van der Waals surface area contributed by atoms with Crippen LogP contribution in [0.1, 0.15) is 32.4 Å². The quantitative estimate of drug-likeness (QED) is 0.812. The predicted molar refractivity (Wildman–Crippen MR) is 71.3 cm³/mol. The van der Waals surface area contributed by atoms with Gasteiger partial charge in [-0.2, -0.15) is 0 Å². The van der Waals surface area contributed by atoms with Gasteiger partial charge in [0.1, 0.15) is 11.4 Å². The summed E-state index contributed by atoms with van der Waals surface area (Å²) in [4.78, 5) is 18.3. The number of nitrogens with one attached hydrogen (secondary N) is 1. The number of amides is 1. The molecule has 1 saturated heterocycles. The van der Waals surface area contributed by atoms with Gasteiger partial charge in [0.2, 0.25) is 5.91 Å². The third-order valence-electron chi connectivity index (χ3n) is 3.42. The Hall–Kier alpha value is -1.62. The van der Waals surface area contributed by atoms with E-state index in [0.717, 1.165) is 17.9 Å². The molecule has 1 aromatic rings. The number of aromatic nitrogens is 1. The Labute approximate surface area is 107 Å². The zero-order valence-electron chi connectivity index (χ0n) is 11.1. The van der Waals surface area contributed by atoms with Crippen LogP contribution in [0, 0.1) is 0 Å². The Bertz CT molecular complexity index is 439. The lowest BCUT2D eigenvalue weighted by Crippen LogP contribution is -2.62. The third-order valence-corrected chi connectivity index (χ3v) is 3.42. The summed E-state index contributed by atoms with van der Waals surface area (Å²) in [6.07, 6.45) is 1.78. The van der Waals surface area contributed by atoms with Crippen LogP contribution < -0.4 is 16.0 Å². The minimum Gasteiger partial charge on any atom is -0.352 e. The number of anilines is 1. The maximum absolute atomic E-state index is 11.9. The number of pyridine rings is 1. The molecule has 1 amide bonds. The lowest BCUT2D eigenvalue weighted by molar-refractivity contribution is -0.126. The number of carbonyl (C=O) groups is 1. The van der Waals surface area contributed by atoms with Gasteiger partial charge in [0, 0.05) is 25.3 Å². The van der Waals surface area contributed by atoms with E-state index in [1.54, 1.807) is 6.20 Å². The first-order chi connectivity index (χ1) is 8.43. The molecule has 18 heavy (non-hydrogen) atoms. The highest BCUT2D eigenvalue weighted by Crippen LogP contribution is 2.24. The molecule has 0 spiro atoms. The van der Waals surface area contributed by atoms with Gasteiger partial charge in [0.15, 0.2) is 0 Å². The molecule has 1 fully saturated rings. The number of hydrogen-bond acceptors (Lipinski definition) is 4. The lowest BCUT2D eigenvalue weighted by Gasteiger charge is -2.42. The summed E-state index contributed by atoms with van der Waals surface area (Å²) < 4.78 is 0. The van der Waals surface area contributed by atoms with Crippen LogP contribution in [0.4, 0.5) is 5.82 Å². The molecule has 5 heteroatoms. The van der Waals surface area contributed by atoms with E-state index >= 15 is 0 Å². The monoisotopic (exact) mass is 248 g/mol. The van der Waals surface area contributed by atoms with E-state index in [4.69, 9.17) is 5.73 Å². The fourth-order valence-electron chi connectivity index (χ4n) is 2.13. The van der Waals surface area contributed by atoms with Crippen LogP contribution in [0.2, 0.25) is 0 Å². The molecule has 1 aromatic heterocycles. The molecule has 98 valence electrons. The lowest BCUT2D eigenvalue weighted by atomic mass is 9.99. The zero-order chi connectivity index (χ0) is 13.3. The van der Waals surface area contributed by atoms with Crippen molar-refractivity contribution in [3.63, 3.8) is 0 Å². The Morgan fingerprint density at radius 1 is 1.50 bits per heavy atom. The van der Waals surface area contributed by atoms with E-state index in [-0.39, 0.29) is 11.9 Å². The highest BCUT2D eigenvalue weighted by molar-refractivity contribution is 5.90. The van der Waals surface area contributed by atoms with Crippen molar-refractivity contribution in [1.82, 2.24) is 10.3 Å². The van der Waals surface area contributed by atoms with Crippen LogP contribution in [-0.2, 0) is 4.79 Å². The molecular formula is C13H20N4O. The van der Waals surface area contributed by atoms with Gasteiger partial charge in [-0.05, 0) is 32.4 Å². The molecular weight excluding hydrogens is 228 g/mol. The van der Waals surface area contributed by atoms with Crippen molar-refractivity contribution in [2.75, 3.05) is 18.0 Å². The summed E-state index contributed by atoms with van der Waals surface area (Å²) in [5.74, 6) is 0.853. The minimum atomic E-state index is -0.568. The summed E-state index contributed by atoms with van der Waals surface area (Å²) in [5, 5.41) is 2.87. The van der Waals surface area contributed by atoms with Crippen molar-refractivity contribution in [3.05, 3.63) is 23.9 Å². The molecule has 0 aromatic carbocycles. The second kappa shape index (κ2) is 4.57. The SMILES string of the molecule is CC(N)c1ccc(N2CCNC(=O)C2(C)C)nc1. The molecule has 1 atom stereocenters. The first kappa shape index (κ1) is 12.8. The second-order valence-electron chi connectivity index (χ2n) is 5.20. The number of nitrogens with zero attached hydrogens (tertiary/aromatic N) is 2. The summed E-state index contributed by atoms with van der Waals surface area (Å²) in [6, 6.07) is 3.87. The number of rotatable bonds is 2. The van der Waals surface area contributed by atoms with Gasteiger partial charge in [-0.15, -0.1) is 0 Å². The van der Waals surface area contributed by atoms with Crippen molar-refractivity contribution < 1.29 is 4.79 Å². The standard InChI is InChI=1S/C13H20N4O/c1-9(14)10-4-5-11(16-8-10)17-7-6-15-12(18)13(17,2)3/h4-5,8-9H,6-7,14H2,1-3H3,(H,15,18). The molecule has 2 heterocycles.